The first kappa shape index (κ1) is 12.0. The van der Waals surface area contributed by atoms with Crippen molar-refractivity contribution >= 4 is 22.5 Å². The van der Waals surface area contributed by atoms with Crippen LogP contribution in [0.4, 0.5) is 0 Å². The molecule has 0 aliphatic heterocycles. The molecule has 0 radical (unpaired) electrons. The second-order valence-electron chi connectivity index (χ2n) is 4.41. The minimum Gasteiger partial charge on any atom is -0.330 e. The molecule has 0 amide bonds. The molecule has 88 valence electrons. The van der Waals surface area contributed by atoms with Crippen molar-refractivity contribution in [2.75, 3.05) is 0 Å². The van der Waals surface area contributed by atoms with Gasteiger partial charge in [-0.05, 0) is 31.9 Å². The lowest BCUT2D eigenvalue weighted by atomic mass is 10.1. The molecule has 2 nitrogen and oxygen atoms in total. The highest BCUT2D eigenvalue weighted by molar-refractivity contribution is 6.32. The second-order valence-corrected chi connectivity index (χ2v) is 4.77. The summed E-state index contributed by atoms with van der Waals surface area (Å²) in [5.74, 6) is 0. The lowest BCUT2D eigenvalue weighted by Crippen LogP contribution is -1.97. The molecule has 0 atom stereocenters. The lowest BCUT2D eigenvalue weighted by molar-refractivity contribution is 0.702. The molecule has 2 rings (SSSR count). The van der Waals surface area contributed by atoms with Gasteiger partial charge in [-0.3, -0.25) is 0 Å². The van der Waals surface area contributed by atoms with Gasteiger partial charge in [0.2, 0.25) is 0 Å². The zero-order valence-electron chi connectivity index (χ0n) is 10.3. The van der Waals surface area contributed by atoms with Gasteiger partial charge in [-0.1, -0.05) is 30.2 Å². The van der Waals surface area contributed by atoms with Crippen molar-refractivity contribution in [1.29, 1.82) is 5.26 Å². The van der Waals surface area contributed by atoms with E-state index in [0.717, 1.165) is 29.4 Å². The fourth-order valence-electron chi connectivity index (χ4n) is 2.39. The van der Waals surface area contributed by atoms with Crippen LogP contribution < -0.4 is 0 Å². The van der Waals surface area contributed by atoms with Gasteiger partial charge >= 0.3 is 0 Å². The molecule has 1 aromatic carbocycles. The SMILES string of the molecule is CCCn1c(Cl)c(C#N)c2cc(C)cc(C)c21. The topological polar surface area (TPSA) is 28.7 Å². The van der Waals surface area contributed by atoms with Crippen molar-refractivity contribution in [3.8, 4) is 6.07 Å². The van der Waals surface area contributed by atoms with Crippen molar-refractivity contribution in [1.82, 2.24) is 4.57 Å². The van der Waals surface area contributed by atoms with Crippen molar-refractivity contribution in [2.24, 2.45) is 0 Å². The van der Waals surface area contributed by atoms with Gasteiger partial charge in [0.05, 0.1) is 11.1 Å². The van der Waals surface area contributed by atoms with E-state index in [0.29, 0.717) is 10.7 Å². The van der Waals surface area contributed by atoms with Crippen LogP contribution in [0.3, 0.4) is 0 Å². The molecule has 0 saturated heterocycles. The Morgan fingerprint density at radius 1 is 1.35 bits per heavy atom. The van der Waals surface area contributed by atoms with Crippen LogP contribution in [0.2, 0.25) is 5.15 Å². The maximum Gasteiger partial charge on any atom is 0.128 e. The van der Waals surface area contributed by atoms with Gasteiger partial charge in [0, 0.05) is 11.9 Å². The first-order valence-corrected chi connectivity index (χ1v) is 6.17. The number of fused-ring (bicyclic) bond motifs is 1. The fourth-order valence-corrected chi connectivity index (χ4v) is 2.71. The Hall–Kier alpha value is -1.46. The average Bonchev–Trinajstić information content (AvgIpc) is 2.52. The van der Waals surface area contributed by atoms with Gasteiger partial charge in [0.25, 0.3) is 0 Å². The van der Waals surface area contributed by atoms with E-state index in [2.05, 4.69) is 26.0 Å². The Balaban J connectivity index is 2.91. The van der Waals surface area contributed by atoms with Crippen molar-refractivity contribution < 1.29 is 0 Å². The third-order valence-electron chi connectivity index (χ3n) is 2.99. The average molecular weight is 247 g/mol. The Labute approximate surface area is 106 Å². The number of benzene rings is 1. The Morgan fingerprint density at radius 2 is 2.06 bits per heavy atom. The number of halogens is 1. The molecule has 0 saturated carbocycles. The van der Waals surface area contributed by atoms with Gasteiger partial charge in [-0.15, -0.1) is 0 Å². The summed E-state index contributed by atoms with van der Waals surface area (Å²) in [5.41, 5.74) is 4.04. The summed E-state index contributed by atoms with van der Waals surface area (Å²) in [6.45, 7) is 7.07. The Morgan fingerprint density at radius 3 is 2.65 bits per heavy atom. The summed E-state index contributed by atoms with van der Waals surface area (Å²) in [4.78, 5) is 0. The smallest absolute Gasteiger partial charge is 0.128 e. The summed E-state index contributed by atoms with van der Waals surface area (Å²) in [7, 11) is 0. The van der Waals surface area contributed by atoms with Gasteiger partial charge in [-0.25, -0.2) is 0 Å². The molecule has 3 heteroatoms. The summed E-state index contributed by atoms with van der Waals surface area (Å²) in [6.07, 6.45) is 1.00. The zero-order chi connectivity index (χ0) is 12.6. The highest BCUT2D eigenvalue weighted by Crippen LogP contribution is 2.32. The Bertz CT molecular complexity index is 617. The van der Waals surface area contributed by atoms with Crippen molar-refractivity contribution in [2.45, 2.75) is 33.7 Å². The largest absolute Gasteiger partial charge is 0.330 e. The Kier molecular flexibility index (Phi) is 3.13. The summed E-state index contributed by atoms with van der Waals surface area (Å²) < 4.78 is 2.05. The van der Waals surface area contributed by atoms with Gasteiger partial charge in [0.15, 0.2) is 0 Å². The van der Waals surface area contributed by atoms with E-state index in [1.807, 2.05) is 17.6 Å². The maximum atomic E-state index is 9.23. The summed E-state index contributed by atoms with van der Waals surface area (Å²) in [6, 6.07) is 6.39. The minimum absolute atomic E-state index is 0.568. The summed E-state index contributed by atoms with van der Waals surface area (Å²) in [5, 5.41) is 10.8. The van der Waals surface area contributed by atoms with Gasteiger partial charge in [0.1, 0.15) is 11.2 Å². The number of hydrogen-bond donors (Lipinski definition) is 0. The van der Waals surface area contributed by atoms with E-state index in [-0.39, 0.29) is 0 Å². The van der Waals surface area contributed by atoms with E-state index in [1.54, 1.807) is 0 Å². The maximum absolute atomic E-state index is 9.23. The highest BCUT2D eigenvalue weighted by atomic mass is 35.5. The van der Waals surface area contributed by atoms with Crippen LogP contribution >= 0.6 is 11.6 Å². The molecule has 1 heterocycles. The fraction of sp³-hybridized carbons (Fsp3) is 0.357. The predicted octanol–water partition coefficient (Wildman–Crippen LogP) is 4.19. The van der Waals surface area contributed by atoms with Gasteiger partial charge in [-0.2, -0.15) is 5.26 Å². The molecule has 0 fully saturated rings. The number of aromatic nitrogens is 1. The van der Waals surface area contributed by atoms with E-state index < -0.39 is 0 Å². The van der Waals surface area contributed by atoms with Crippen LogP contribution in [0.15, 0.2) is 12.1 Å². The standard InChI is InChI=1S/C14H15ClN2/c1-4-5-17-13-10(3)6-9(2)7-11(13)12(8-16)14(17)15/h6-7H,4-5H2,1-3H3. The van der Waals surface area contributed by atoms with Gasteiger partial charge < -0.3 is 4.57 Å². The van der Waals surface area contributed by atoms with Crippen LogP contribution in [-0.4, -0.2) is 4.57 Å². The predicted molar refractivity (Wildman–Crippen MR) is 71.4 cm³/mol. The third kappa shape index (κ3) is 1.81. The van der Waals surface area contributed by atoms with Crippen molar-refractivity contribution in [3.63, 3.8) is 0 Å². The normalized spacial score (nSPS) is 10.8. The number of nitriles is 1. The molecule has 0 aliphatic rings. The molecule has 0 unspecified atom stereocenters. The zero-order valence-corrected chi connectivity index (χ0v) is 11.1. The third-order valence-corrected chi connectivity index (χ3v) is 3.38. The van der Waals surface area contributed by atoms with E-state index in [9.17, 15) is 5.26 Å². The van der Waals surface area contributed by atoms with Crippen LogP contribution in [-0.2, 0) is 6.54 Å². The van der Waals surface area contributed by atoms with Crippen LogP contribution in [0.25, 0.3) is 10.9 Å². The van der Waals surface area contributed by atoms with E-state index in [4.69, 9.17) is 11.6 Å². The molecule has 17 heavy (non-hydrogen) atoms. The number of aryl methyl sites for hydroxylation is 3. The monoisotopic (exact) mass is 246 g/mol. The quantitative estimate of drug-likeness (QED) is 0.781. The molecule has 1 aromatic heterocycles. The van der Waals surface area contributed by atoms with Crippen molar-refractivity contribution in [3.05, 3.63) is 34.0 Å². The number of hydrogen-bond acceptors (Lipinski definition) is 1. The van der Waals surface area contributed by atoms with Crippen LogP contribution in [0, 0.1) is 25.2 Å². The van der Waals surface area contributed by atoms with Crippen LogP contribution in [0.5, 0.6) is 0 Å². The molecule has 0 spiro atoms. The second kappa shape index (κ2) is 4.43. The molecular formula is C14H15ClN2. The molecule has 0 N–H and O–H groups in total. The first-order chi connectivity index (χ1) is 8.10. The highest BCUT2D eigenvalue weighted by Gasteiger charge is 2.16. The minimum atomic E-state index is 0.568. The summed E-state index contributed by atoms with van der Waals surface area (Å²) >= 11 is 6.30. The van der Waals surface area contributed by atoms with E-state index >= 15 is 0 Å². The van der Waals surface area contributed by atoms with E-state index in [1.165, 1.54) is 5.56 Å². The molecular weight excluding hydrogens is 232 g/mol. The molecule has 0 aliphatic carbocycles. The number of nitrogens with zero attached hydrogens (tertiary/aromatic N) is 2. The lowest BCUT2D eigenvalue weighted by Gasteiger charge is -2.07. The first-order valence-electron chi connectivity index (χ1n) is 5.79. The number of rotatable bonds is 2. The molecule has 0 bridgehead atoms. The van der Waals surface area contributed by atoms with Crippen LogP contribution in [0.1, 0.15) is 30.0 Å². The molecule has 2 aromatic rings.